The van der Waals surface area contributed by atoms with Gasteiger partial charge in [0.05, 0.1) is 23.8 Å². The number of nitrogen functional groups attached to an aromatic ring is 1. The number of rotatable bonds is 3. The Balaban J connectivity index is 2.04. The molecule has 2 heterocycles. The predicted octanol–water partition coefficient (Wildman–Crippen LogP) is 2.40. The Hall–Kier alpha value is -3.05. The van der Waals surface area contributed by atoms with Crippen molar-refractivity contribution < 1.29 is 9.47 Å². The quantitative estimate of drug-likeness (QED) is 0.817. The molecule has 3 rings (SSSR count). The first kappa shape index (κ1) is 17.8. The molecule has 1 aliphatic rings. The van der Waals surface area contributed by atoms with E-state index in [2.05, 4.69) is 21.0 Å². The van der Waals surface area contributed by atoms with Crippen LogP contribution in [0.3, 0.4) is 0 Å². The number of hydrogen-bond donors (Lipinski definition) is 1. The summed E-state index contributed by atoms with van der Waals surface area (Å²) in [7, 11) is 3.55. The molecule has 0 saturated heterocycles. The molecule has 0 spiro atoms. The second kappa shape index (κ2) is 7.45. The number of nitriles is 1. The van der Waals surface area contributed by atoms with Crippen LogP contribution in [-0.2, 0) is 0 Å². The molecule has 26 heavy (non-hydrogen) atoms. The molecule has 0 amide bonds. The van der Waals surface area contributed by atoms with Crippen molar-refractivity contribution in [1.82, 2.24) is 15.0 Å². The third kappa shape index (κ3) is 3.78. The van der Waals surface area contributed by atoms with Gasteiger partial charge in [0.15, 0.2) is 17.3 Å². The lowest BCUT2D eigenvalue weighted by Crippen LogP contribution is -2.15. The Labute approximate surface area is 155 Å². The topological polar surface area (TPSA) is 110 Å². The first-order valence-electron chi connectivity index (χ1n) is 7.88. The van der Waals surface area contributed by atoms with Gasteiger partial charge in [0.25, 0.3) is 0 Å². The summed E-state index contributed by atoms with van der Waals surface area (Å²) in [6.45, 7) is 1.08. The molecule has 8 nitrogen and oxygen atoms in total. The van der Waals surface area contributed by atoms with Gasteiger partial charge in [-0.15, -0.1) is 0 Å². The van der Waals surface area contributed by atoms with E-state index in [1.54, 1.807) is 37.2 Å². The van der Waals surface area contributed by atoms with Crippen molar-refractivity contribution in [1.29, 1.82) is 5.26 Å². The SMILES string of the molecule is CN(C)c1nc(N)nc(/C(C#N)=C/c2cc(Cl)c3c(c2)OCCCO3)n1. The lowest BCUT2D eigenvalue weighted by atomic mass is 10.1. The number of benzene rings is 1. The summed E-state index contributed by atoms with van der Waals surface area (Å²) in [5, 5.41) is 9.97. The predicted molar refractivity (Wildman–Crippen MR) is 99.1 cm³/mol. The van der Waals surface area contributed by atoms with Crippen molar-refractivity contribution in [2.45, 2.75) is 6.42 Å². The van der Waals surface area contributed by atoms with Crippen LogP contribution < -0.4 is 20.1 Å². The average molecular weight is 373 g/mol. The van der Waals surface area contributed by atoms with E-state index in [0.29, 0.717) is 41.2 Å². The fourth-order valence-corrected chi connectivity index (χ4v) is 2.62. The maximum absolute atomic E-state index is 9.55. The highest BCUT2D eigenvalue weighted by Crippen LogP contribution is 2.38. The average Bonchev–Trinajstić information content (AvgIpc) is 2.85. The standard InChI is InChI=1S/C17H17ClN6O2/c1-24(2)17-22-15(21-16(20)23-17)11(9-19)6-10-7-12(18)14-13(8-10)25-4-3-5-26-14/h6-8H,3-5H2,1-2H3,(H2,20,21,22,23)/b11-6+. The van der Waals surface area contributed by atoms with E-state index in [1.165, 1.54) is 0 Å². The monoisotopic (exact) mass is 372 g/mol. The van der Waals surface area contributed by atoms with Gasteiger partial charge in [-0.3, -0.25) is 0 Å². The van der Waals surface area contributed by atoms with E-state index in [1.807, 2.05) is 0 Å². The molecule has 0 bridgehead atoms. The van der Waals surface area contributed by atoms with E-state index < -0.39 is 0 Å². The number of hydrogen-bond acceptors (Lipinski definition) is 8. The van der Waals surface area contributed by atoms with Gasteiger partial charge in [-0.2, -0.15) is 20.2 Å². The van der Waals surface area contributed by atoms with Crippen LogP contribution in [0.5, 0.6) is 11.5 Å². The number of allylic oxidation sites excluding steroid dienone is 1. The van der Waals surface area contributed by atoms with Crippen LogP contribution in [0.15, 0.2) is 12.1 Å². The molecule has 0 atom stereocenters. The molecule has 0 saturated carbocycles. The molecule has 1 aromatic heterocycles. The minimum absolute atomic E-state index is 0.0385. The van der Waals surface area contributed by atoms with Gasteiger partial charge >= 0.3 is 0 Å². The molecule has 0 fully saturated rings. The van der Waals surface area contributed by atoms with Crippen molar-refractivity contribution in [2.24, 2.45) is 0 Å². The van der Waals surface area contributed by atoms with E-state index in [4.69, 9.17) is 26.8 Å². The molecule has 2 aromatic rings. The second-order valence-corrected chi connectivity index (χ2v) is 6.17. The Bertz CT molecular complexity index is 907. The van der Waals surface area contributed by atoms with Crippen molar-refractivity contribution in [3.63, 3.8) is 0 Å². The lowest BCUT2D eigenvalue weighted by molar-refractivity contribution is 0.297. The maximum atomic E-state index is 9.55. The number of nitrogens with zero attached hydrogens (tertiary/aromatic N) is 5. The van der Waals surface area contributed by atoms with Crippen LogP contribution in [0.2, 0.25) is 5.02 Å². The van der Waals surface area contributed by atoms with Gasteiger partial charge in [0.1, 0.15) is 6.07 Å². The van der Waals surface area contributed by atoms with Crippen LogP contribution >= 0.6 is 11.6 Å². The molecule has 134 valence electrons. The van der Waals surface area contributed by atoms with Gasteiger partial charge in [0.2, 0.25) is 11.9 Å². The van der Waals surface area contributed by atoms with Crippen LogP contribution in [-0.4, -0.2) is 42.3 Å². The second-order valence-electron chi connectivity index (χ2n) is 5.76. The van der Waals surface area contributed by atoms with Gasteiger partial charge in [-0.1, -0.05) is 11.6 Å². The van der Waals surface area contributed by atoms with E-state index >= 15 is 0 Å². The summed E-state index contributed by atoms with van der Waals surface area (Å²) in [6, 6.07) is 5.55. The summed E-state index contributed by atoms with van der Waals surface area (Å²) in [5.41, 5.74) is 6.63. The largest absolute Gasteiger partial charge is 0.489 e. The minimum atomic E-state index is 0.0385. The number of fused-ring (bicyclic) bond motifs is 1. The highest BCUT2D eigenvalue weighted by Gasteiger charge is 2.16. The van der Waals surface area contributed by atoms with Gasteiger partial charge < -0.3 is 20.1 Å². The molecular formula is C17H17ClN6O2. The smallest absolute Gasteiger partial charge is 0.230 e. The number of nitrogens with two attached hydrogens (primary N) is 1. The number of ether oxygens (including phenoxy) is 2. The van der Waals surface area contributed by atoms with E-state index in [9.17, 15) is 5.26 Å². The Morgan fingerprint density at radius 1 is 1.27 bits per heavy atom. The molecule has 1 aliphatic heterocycles. The van der Waals surface area contributed by atoms with E-state index in [0.717, 1.165) is 6.42 Å². The van der Waals surface area contributed by atoms with Crippen molar-refractivity contribution >= 4 is 35.1 Å². The zero-order valence-electron chi connectivity index (χ0n) is 14.4. The zero-order chi connectivity index (χ0) is 18.7. The van der Waals surface area contributed by atoms with E-state index in [-0.39, 0.29) is 17.3 Å². The zero-order valence-corrected chi connectivity index (χ0v) is 15.1. The summed E-state index contributed by atoms with van der Waals surface area (Å²) in [4.78, 5) is 14.0. The minimum Gasteiger partial charge on any atom is -0.489 e. The number of aromatic nitrogens is 3. The normalized spacial score (nSPS) is 13.7. The van der Waals surface area contributed by atoms with Crippen LogP contribution in [0, 0.1) is 11.3 Å². The first-order chi connectivity index (χ1) is 12.5. The van der Waals surface area contributed by atoms with Gasteiger partial charge in [-0.25, -0.2) is 0 Å². The molecule has 0 aliphatic carbocycles. The summed E-state index contributed by atoms with van der Waals surface area (Å²) < 4.78 is 11.3. The fourth-order valence-electron chi connectivity index (χ4n) is 2.35. The van der Waals surface area contributed by atoms with Gasteiger partial charge in [-0.05, 0) is 23.8 Å². The highest BCUT2D eigenvalue weighted by molar-refractivity contribution is 6.32. The Kier molecular flexibility index (Phi) is 5.09. The van der Waals surface area contributed by atoms with Crippen LogP contribution in [0.1, 0.15) is 17.8 Å². The molecule has 2 N–H and O–H groups in total. The summed E-state index contributed by atoms with van der Waals surface area (Å²) >= 11 is 6.30. The molecule has 9 heteroatoms. The first-order valence-corrected chi connectivity index (χ1v) is 8.26. The fraction of sp³-hybridized carbons (Fsp3) is 0.294. The molecule has 1 aromatic carbocycles. The van der Waals surface area contributed by atoms with Crippen molar-refractivity contribution in [2.75, 3.05) is 37.9 Å². The number of halogens is 1. The summed E-state index contributed by atoms with van der Waals surface area (Å²) in [5.74, 6) is 1.65. The highest BCUT2D eigenvalue weighted by atomic mass is 35.5. The lowest BCUT2D eigenvalue weighted by Gasteiger charge is -2.12. The third-order valence-electron chi connectivity index (χ3n) is 3.54. The number of anilines is 2. The molecular weight excluding hydrogens is 356 g/mol. The molecule has 0 unspecified atom stereocenters. The third-order valence-corrected chi connectivity index (χ3v) is 3.82. The van der Waals surface area contributed by atoms with Crippen LogP contribution in [0.25, 0.3) is 11.6 Å². The Morgan fingerprint density at radius 2 is 2.04 bits per heavy atom. The maximum Gasteiger partial charge on any atom is 0.230 e. The van der Waals surface area contributed by atoms with Gasteiger partial charge in [0, 0.05) is 20.5 Å². The summed E-state index contributed by atoms with van der Waals surface area (Å²) in [6.07, 6.45) is 2.39. The van der Waals surface area contributed by atoms with Crippen molar-refractivity contribution in [3.8, 4) is 17.6 Å². The molecule has 0 radical (unpaired) electrons. The van der Waals surface area contributed by atoms with Crippen LogP contribution in [0.4, 0.5) is 11.9 Å². The van der Waals surface area contributed by atoms with Crippen molar-refractivity contribution in [3.05, 3.63) is 28.5 Å². The Morgan fingerprint density at radius 3 is 2.77 bits per heavy atom.